The topological polar surface area (TPSA) is 86.5 Å². The van der Waals surface area contributed by atoms with Crippen LogP contribution in [0.25, 0.3) is 16.8 Å². The number of aromatic amines is 1. The zero-order valence-electron chi connectivity index (χ0n) is 25.5. The summed E-state index contributed by atoms with van der Waals surface area (Å²) in [5.74, 6) is 1.48. The van der Waals surface area contributed by atoms with Crippen molar-refractivity contribution in [2.24, 2.45) is 0 Å². The van der Waals surface area contributed by atoms with E-state index in [-0.39, 0.29) is 5.91 Å². The van der Waals surface area contributed by atoms with Gasteiger partial charge in [0.05, 0.1) is 23.2 Å². The minimum atomic E-state index is 0.124. The van der Waals surface area contributed by atoms with E-state index in [1.54, 1.807) is 0 Å². The Morgan fingerprint density at radius 3 is 2.18 bits per heavy atom. The second-order valence-corrected chi connectivity index (χ2v) is 9.43. The number of nitrogens with one attached hydrogen (secondary N) is 1. The molecule has 212 valence electrons. The molecule has 1 amide bonds. The van der Waals surface area contributed by atoms with Gasteiger partial charge in [-0.25, -0.2) is 9.97 Å². The van der Waals surface area contributed by atoms with Crippen molar-refractivity contribution in [3.63, 3.8) is 0 Å². The second-order valence-electron chi connectivity index (χ2n) is 9.43. The van der Waals surface area contributed by atoms with E-state index in [9.17, 15) is 4.79 Å². The number of imidazole rings is 2. The Kier molecular flexibility index (Phi) is 11.9. The van der Waals surface area contributed by atoms with Crippen molar-refractivity contribution in [2.75, 3.05) is 20.2 Å². The molecule has 3 aromatic heterocycles. The van der Waals surface area contributed by atoms with E-state index in [0.29, 0.717) is 5.92 Å². The number of aryl methyl sites for hydroxylation is 5. The van der Waals surface area contributed by atoms with Crippen molar-refractivity contribution in [3.05, 3.63) is 76.3 Å². The normalized spacial score (nSPS) is 13.1. The number of hydrogen-bond donors (Lipinski definition) is 2. The number of pyridine rings is 1. The molecule has 1 aromatic carbocycles. The lowest BCUT2D eigenvalue weighted by Crippen LogP contribution is -2.38. The molecule has 39 heavy (non-hydrogen) atoms. The van der Waals surface area contributed by atoms with Gasteiger partial charge in [0.1, 0.15) is 5.82 Å². The van der Waals surface area contributed by atoms with Crippen LogP contribution in [0.15, 0.2) is 36.8 Å². The number of benzene rings is 1. The number of likely N-dealkylation sites (tertiary alicyclic amines) is 1. The van der Waals surface area contributed by atoms with E-state index < -0.39 is 0 Å². The van der Waals surface area contributed by atoms with Gasteiger partial charge in [0.25, 0.3) is 5.91 Å². The highest BCUT2D eigenvalue weighted by molar-refractivity contribution is 5.97. The quantitative estimate of drug-likeness (QED) is 0.298. The molecule has 1 saturated heterocycles. The molecule has 0 atom stereocenters. The number of carbonyl (C=O) groups excluding carboxylic acids is 1. The van der Waals surface area contributed by atoms with Crippen LogP contribution in [0.1, 0.15) is 90.7 Å². The lowest BCUT2D eigenvalue weighted by molar-refractivity contribution is 0.0712. The lowest BCUT2D eigenvalue weighted by Gasteiger charge is -2.33. The molecule has 2 N–H and O–H groups in total. The molecule has 7 nitrogen and oxygen atoms in total. The third-order valence-electron chi connectivity index (χ3n) is 7.07. The van der Waals surface area contributed by atoms with Gasteiger partial charge in [-0.05, 0) is 88.3 Å². The van der Waals surface area contributed by atoms with Gasteiger partial charge in [0, 0.05) is 43.2 Å². The Balaban J connectivity index is 0.000000833. The largest absolute Gasteiger partial charge is 0.400 e. The summed E-state index contributed by atoms with van der Waals surface area (Å²) < 4.78 is 2.07. The number of piperidine rings is 1. The number of nitrogens with zero attached hydrogens (tertiary/aromatic N) is 4. The van der Waals surface area contributed by atoms with Crippen LogP contribution < -0.4 is 0 Å². The van der Waals surface area contributed by atoms with Gasteiger partial charge in [0.15, 0.2) is 0 Å². The third-order valence-corrected chi connectivity index (χ3v) is 7.07. The predicted molar refractivity (Wildman–Crippen MR) is 162 cm³/mol. The summed E-state index contributed by atoms with van der Waals surface area (Å²) in [5, 5.41) is 7.00. The van der Waals surface area contributed by atoms with E-state index >= 15 is 0 Å². The Morgan fingerprint density at radius 2 is 1.59 bits per heavy atom. The molecular weight excluding hydrogens is 486 g/mol. The molecule has 4 heterocycles. The Bertz CT molecular complexity index is 1360. The summed E-state index contributed by atoms with van der Waals surface area (Å²) in [7, 11) is 1.00. The van der Waals surface area contributed by atoms with Gasteiger partial charge >= 0.3 is 0 Å². The highest BCUT2D eigenvalue weighted by atomic mass is 16.2. The molecule has 4 aromatic rings. The van der Waals surface area contributed by atoms with Crippen LogP contribution >= 0.6 is 0 Å². The predicted octanol–water partition coefficient (Wildman–Crippen LogP) is 6.95. The van der Waals surface area contributed by atoms with Crippen LogP contribution in [0.2, 0.25) is 0 Å². The fourth-order valence-electron chi connectivity index (χ4n) is 5.18. The zero-order valence-corrected chi connectivity index (χ0v) is 25.5. The summed E-state index contributed by atoms with van der Waals surface area (Å²) in [5.41, 5.74) is 9.51. The van der Waals surface area contributed by atoms with Crippen LogP contribution in [-0.2, 0) is 0 Å². The SMILES string of the molecule is CC.CC.CO.Cc1nc(-c2cc(C(=O)N3CCC(c4ccn5cnc(C)c5c4)CC3)c(C)cc2C)c(C)[nH]1. The molecule has 1 fully saturated rings. The molecule has 0 spiro atoms. The van der Waals surface area contributed by atoms with Gasteiger partial charge in [-0.15, -0.1) is 0 Å². The first-order valence-corrected chi connectivity index (χ1v) is 14.1. The molecule has 5 rings (SSSR count). The van der Waals surface area contributed by atoms with Gasteiger partial charge < -0.3 is 19.4 Å². The minimum Gasteiger partial charge on any atom is -0.400 e. The van der Waals surface area contributed by atoms with E-state index in [4.69, 9.17) is 5.11 Å². The number of H-pyrrole nitrogens is 1. The third kappa shape index (κ3) is 6.95. The summed E-state index contributed by atoms with van der Waals surface area (Å²) in [4.78, 5) is 27.9. The number of aliphatic hydroxyl groups is 1. The summed E-state index contributed by atoms with van der Waals surface area (Å²) in [6, 6.07) is 8.61. The maximum Gasteiger partial charge on any atom is 0.254 e. The first kappa shape index (κ1) is 31.8. The molecule has 7 heteroatoms. The standard InChI is InChI=1S/C27H31N5O.2C2H6.CH4O/c1-16-12-17(2)24(14-23(16)26-19(4)29-20(5)30-26)27(33)31-9-6-21(7-10-31)22-8-11-32-15-28-18(3)25(32)13-22;3*1-2/h8,11-15,21H,6-7,9-10H2,1-5H3,(H,29,30);2*1-2H3;2H,1H3. The van der Waals surface area contributed by atoms with Gasteiger partial charge in [0.2, 0.25) is 0 Å². The van der Waals surface area contributed by atoms with Crippen molar-refractivity contribution in [2.45, 2.75) is 81.1 Å². The Morgan fingerprint density at radius 1 is 0.949 bits per heavy atom. The number of hydrogen-bond acceptors (Lipinski definition) is 4. The number of aromatic nitrogens is 4. The van der Waals surface area contributed by atoms with Crippen LogP contribution in [-0.4, -0.2) is 55.5 Å². The van der Waals surface area contributed by atoms with Crippen molar-refractivity contribution < 1.29 is 9.90 Å². The molecule has 0 radical (unpaired) electrons. The number of aliphatic hydroxyl groups excluding tert-OH is 1. The van der Waals surface area contributed by atoms with E-state index in [1.165, 1.54) is 5.56 Å². The number of amides is 1. The maximum absolute atomic E-state index is 13.5. The lowest BCUT2D eigenvalue weighted by atomic mass is 9.89. The molecule has 0 aliphatic carbocycles. The highest BCUT2D eigenvalue weighted by Gasteiger charge is 2.26. The van der Waals surface area contributed by atoms with Crippen molar-refractivity contribution in [1.29, 1.82) is 0 Å². The monoisotopic (exact) mass is 533 g/mol. The fraction of sp³-hybridized carbons (Fsp3) is 0.469. The zero-order chi connectivity index (χ0) is 29.3. The smallest absolute Gasteiger partial charge is 0.254 e. The molecule has 1 aliphatic rings. The number of rotatable bonds is 3. The van der Waals surface area contributed by atoms with Crippen LogP contribution in [0, 0.1) is 34.6 Å². The molecule has 0 unspecified atom stereocenters. The van der Waals surface area contributed by atoms with Crippen LogP contribution in [0.5, 0.6) is 0 Å². The van der Waals surface area contributed by atoms with Crippen molar-refractivity contribution in [3.8, 4) is 11.3 Å². The maximum atomic E-state index is 13.5. The summed E-state index contributed by atoms with van der Waals surface area (Å²) in [6.07, 6.45) is 5.91. The highest BCUT2D eigenvalue weighted by Crippen LogP contribution is 2.32. The number of carbonyl (C=O) groups is 1. The summed E-state index contributed by atoms with van der Waals surface area (Å²) in [6.45, 7) is 19.7. The molecule has 0 saturated carbocycles. The first-order valence-electron chi connectivity index (χ1n) is 14.1. The van der Waals surface area contributed by atoms with E-state index in [2.05, 4.69) is 50.7 Å². The van der Waals surface area contributed by atoms with Gasteiger partial charge in [-0.3, -0.25) is 4.79 Å². The Hall–Kier alpha value is -3.45. The van der Waals surface area contributed by atoms with Crippen molar-refractivity contribution in [1.82, 2.24) is 24.3 Å². The average molecular weight is 534 g/mol. The summed E-state index contributed by atoms with van der Waals surface area (Å²) >= 11 is 0. The number of fused-ring (bicyclic) bond motifs is 1. The first-order chi connectivity index (χ1) is 18.8. The van der Waals surface area contributed by atoms with Gasteiger partial charge in [-0.1, -0.05) is 33.8 Å². The molecular formula is C32H47N5O2. The van der Waals surface area contributed by atoms with Crippen molar-refractivity contribution >= 4 is 11.4 Å². The average Bonchev–Trinajstić information content (AvgIpc) is 3.51. The minimum absolute atomic E-state index is 0.124. The van der Waals surface area contributed by atoms with Gasteiger partial charge in [-0.2, -0.15) is 0 Å². The Labute approximate surface area is 234 Å². The van der Waals surface area contributed by atoms with E-state index in [0.717, 1.165) is 83.7 Å². The fourth-order valence-corrected chi connectivity index (χ4v) is 5.18. The molecule has 1 aliphatic heterocycles. The van der Waals surface area contributed by atoms with Crippen LogP contribution in [0.3, 0.4) is 0 Å². The van der Waals surface area contributed by atoms with E-state index in [1.807, 2.05) is 72.7 Å². The van der Waals surface area contributed by atoms with Crippen LogP contribution in [0.4, 0.5) is 0 Å². The second kappa shape index (κ2) is 14.6. The molecule has 0 bridgehead atoms.